The lowest BCUT2D eigenvalue weighted by atomic mass is 10.2. The van der Waals surface area contributed by atoms with Gasteiger partial charge in [-0.25, -0.2) is 0 Å². The van der Waals surface area contributed by atoms with E-state index in [-0.39, 0.29) is 0 Å². The topological polar surface area (TPSA) is 60.0 Å². The van der Waals surface area contributed by atoms with Gasteiger partial charge in [-0.15, -0.1) is 5.10 Å². The maximum absolute atomic E-state index is 5.97. The third-order valence-corrected chi connectivity index (χ3v) is 2.66. The quantitative estimate of drug-likeness (QED) is 0.808. The summed E-state index contributed by atoms with van der Waals surface area (Å²) >= 11 is 0. The predicted octanol–water partition coefficient (Wildman–Crippen LogP) is 1.42. The number of nitrogens with two attached hydrogens (primary N) is 1. The lowest BCUT2D eigenvalue weighted by molar-refractivity contribution is 0.711. The van der Waals surface area contributed by atoms with Crippen LogP contribution in [-0.2, 0) is 13.6 Å². The van der Waals surface area contributed by atoms with Crippen LogP contribution < -0.4 is 10.6 Å². The average molecular weight is 231 g/mol. The van der Waals surface area contributed by atoms with E-state index in [4.69, 9.17) is 5.73 Å². The summed E-state index contributed by atoms with van der Waals surface area (Å²) in [6.45, 7) is 3.70. The second-order valence-corrected chi connectivity index (χ2v) is 3.96. The minimum absolute atomic E-state index is 0.721. The highest BCUT2D eigenvalue weighted by atomic mass is 15.4. The summed E-state index contributed by atoms with van der Waals surface area (Å²) in [7, 11) is 1.86. The molecule has 2 rings (SSSR count). The van der Waals surface area contributed by atoms with E-state index in [1.807, 2.05) is 37.5 Å². The van der Waals surface area contributed by atoms with Crippen molar-refractivity contribution >= 4 is 11.4 Å². The van der Waals surface area contributed by atoms with E-state index in [9.17, 15) is 0 Å². The van der Waals surface area contributed by atoms with Gasteiger partial charge in [-0.3, -0.25) is 4.68 Å². The van der Waals surface area contributed by atoms with Gasteiger partial charge in [0, 0.05) is 19.8 Å². The van der Waals surface area contributed by atoms with Gasteiger partial charge in [0.15, 0.2) is 0 Å². The average Bonchev–Trinajstić information content (AvgIpc) is 2.73. The smallest absolute Gasteiger partial charge is 0.102 e. The minimum atomic E-state index is 0.721. The summed E-state index contributed by atoms with van der Waals surface area (Å²) in [5.74, 6) is 0. The largest absolute Gasteiger partial charge is 0.397 e. The van der Waals surface area contributed by atoms with E-state index < -0.39 is 0 Å². The van der Waals surface area contributed by atoms with Crippen LogP contribution in [0.2, 0.25) is 0 Å². The first-order valence-corrected chi connectivity index (χ1v) is 5.65. The molecular formula is C12H17N5. The molecule has 0 aliphatic rings. The van der Waals surface area contributed by atoms with Crippen LogP contribution in [-0.4, -0.2) is 21.5 Å². The Kier molecular flexibility index (Phi) is 3.27. The molecule has 1 heterocycles. The van der Waals surface area contributed by atoms with E-state index in [0.717, 1.165) is 30.2 Å². The van der Waals surface area contributed by atoms with E-state index >= 15 is 0 Å². The zero-order chi connectivity index (χ0) is 12.3. The summed E-state index contributed by atoms with van der Waals surface area (Å²) in [5, 5.41) is 8.02. The molecule has 0 saturated carbocycles. The predicted molar refractivity (Wildman–Crippen MR) is 68.6 cm³/mol. The number of para-hydroxylation sites is 2. The van der Waals surface area contributed by atoms with Crippen LogP contribution in [0.1, 0.15) is 12.6 Å². The van der Waals surface area contributed by atoms with E-state index in [1.165, 1.54) is 0 Å². The highest BCUT2D eigenvalue weighted by Crippen LogP contribution is 2.23. The van der Waals surface area contributed by atoms with Crippen LogP contribution in [0.5, 0.6) is 0 Å². The lowest BCUT2D eigenvalue weighted by Gasteiger charge is -2.23. The first-order chi connectivity index (χ1) is 8.20. The Hall–Kier alpha value is -2.04. The Morgan fingerprint density at radius 1 is 1.35 bits per heavy atom. The standard InChI is InChI=1S/C12H17N5/c1-3-17(9-10-8-16(2)15-14-10)12-7-5-4-6-11(12)13/h4-8H,3,9,13H2,1-2H3. The zero-order valence-electron chi connectivity index (χ0n) is 10.2. The monoisotopic (exact) mass is 231 g/mol. The van der Waals surface area contributed by atoms with Crippen LogP contribution >= 0.6 is 0 Å². The summed E-state index contributed by atoms with van der Waals surface area (Å²) < 4.78 is 1.71. The maximum atomic E-state index is 5.97. The molecule has 0 bridgehead atoms. The highest BCUT2D eigenvalue weighted by Gasteiger charge is 2.09. The molecule has 0 aliphatic heterocycles. The molecule has 1 aromatic heterocycles. The van der Waals surface area contributed by atoms with Crippen molar-refractivity contribution in [2.45, 2.75) is 13.5 Å². The number of benzene rings is 1. The molecule has 90 valence electrons. The second-order valence-electron chi connectivity index (χ2n) is 3.96. The molecular weight excluding hydrogens is 214 g/mol. The Morgan fingerprint density at radius 3 is 2.71 bits per heavy atom. The summed E-state index contributed by atoms with van der Waals surface area (Å²) in [4.78, 5) is 2.18. The molecule has 5 nitrogen and oxygen atoms in total. The molecule has 2 aromatic rings. The summed E-state index contributed by atoms with van der Waals surface area (Å²) in [5.41, 5.74) is 8.75. The first kappa shape index (κ1) is 11.4. The molecule has 5 heteroatoms. The number of hydrogen-bond acceptors (Lipinski definition) is 4. The van der Waals surface area contributed by atoms with Crippen molar-refractivity contribution in [1.29, 1.82) is 0 Å². The Labute approximate surface area is 101 Å². The second kappa shape index (κ2) is 4.86. The van der Waals surface area contributed by atoms with Crippen molar-refractivity contribution in [3.05, 3.63) is 36.2 Å². The molecule has 0 aliphatic carbocycles. The van der Waals surface area contributed by atoms with Gasteiger partial charge in [0.2, 0.25) is 0 Å². The van der Waals surface area contributed by atoms with Gasteiger partial charge in [-0.05, 0) is 19.1 Å². The van der Waals surface area contributed by atoms with Gasteiger partial charge in [0.05, 0.1) is 17.9 Å². The molecule has 0 spiro atoms. The fourth-order valence-corrected chi connectivity index (χ4v) is 1.81. The van der Waals surface area contributed by atoms with Crippen molar-refractivity contribution in [3.63, 3.8) is 0 Å². The molecule has 2 N–H and O–H groups in total. The molecule has 0 saturated heterocycles. The molecule has 0 atom stereocenters. The maximum Gasteiger partial charge on any atom is 0.102 e. The van der Waals surface area contributed by atoms with Gasteiger partial charge in [0.25, 0.3) is 0 Å². The Bertz CT molecular complexity index is 491. The van der Waals surface area contributed by atoms with Crippen LogP contribution in [0.3, 0.4) is 0 Å². The molecule has 0 amide bonds. The van der Waals surface area contributed by atoms with Crippen LogP contribution in [0, 0.1) is 0 Å². The van der Waals surface area contributed by atoms with Gasteiger partial charge < -0.3 is 10.6 Å². The number of rotatable bonds is 4. The fourth-order valence-electron chi connectivity index (χ4n) is 1.81. The summed E-state index contributed by atoms with van der Waals surface area (Å²) in [6, 6.07) is 7.86. The molecule has 0 radical (unpaired) electrons. The van der Waals surface area contributed by atoms with Crippen molar-refractivity contribution in [3.8, 4) is 0 Å². The number of nitrogen functional groups attached to an aromatic ring is 1. The third kappa shape index (κ3) is 2.55. The van der Waals surface area contributed by atoms with Gasteiger partial charge >= 0.3 is 0 Å². The van der Waals surface area contributed by atoms with E-state index in [1.54, 1.807) is 4.68 Å². The molecule has 0 fully saturated rings. The molecule has 17 heavy (non-hydrogen) atoms. The third-order valence-electron chi connectivity index (χ3n) is 2.66. The minimum Gasteiger partial charge on any atom is -0.397 e. The van der Waals surface area contributed by atoms with Crippen LogP contribution in [0.25, 0.3) is 0 Å². The lowest BCUT2D eigenvalue weighted by Crippen LogP contribution is -2.23. The number of aryl methyl sites for hydroxylation is 1. The SMILES string of the molecule is CCN(Cc1cn(C)nn1)c1ccccc1N. The summed E-state index contributed by atoms with van der Waals surface area (Å²) in [6.07, 6.45) is 1.92. The number of hydrogen-bond donors (Lipinski definition) is 1. The van der Waals surface area contributed by atoms with Crippen molar-refractivity contribution in [1.82, 2.24) is 15.0 Å². The fraction of sp³-hybridized carbons (Fsp3) is 0.333. The zero-order valence-corrected chi connectivity index (χ0v) is 10.2. The van der Waals surface area contributed by atoms with E-state index in [2.05, 4.69) is 22.1 Å². The number of anilines is 2. The first-order valence-electron chi connectivity index (χ1n) is 5.65. The normalized spacial score (nSPS) is 10.5. The molecule has 1 aromatic carbocycles. The van der Waals surface area contributed by atoms with Crippen molar-refractivity contribution in [2.24, 2.45) is 7.05 Å². The van der Waals surface area contributed by atoms with Gasteiger partial charge in [-0.2, -0.15) is 0 Å². The highest BCUT2D eigenvalue weighted by molar-refractivity contribution is 5.67. The Balaban J connectivity index is 2.20. The number of aromatic nitrogens is 3. The molecule has 0 unspecified atom stereocenters. The van der Waals surface area contributed by atoms with Gasteiger partial charge in [0.1, 0.15) is 5.69 Å². The number of nitrogens with zero attached hydrogens (tertiary/aromatic N) is 4. The van der Waals surface area contributed by atoms with Crippen LogP contribution in [0.15, 0.2) is 30.5 Å². The van der Waals surface area contributed by atoms with Gasteiger partial charge in [-0.1, -0.05) is 17.3 Å². The van der Waals surface area contributed by atoms with Crippen molar-refractivity contribution < 1.29 is 0 Å². The Morgan fingerprint density at radius 2 is 2.12 bits per heavy atom. The van der Waals surface area contributed by atoms with Crippen LogP contribution in [0.4, 0.5) is 11.4 Å². The van der Waals surface area contributed by atoms with E-state index in [0.29, 0.717) is 0 Å². The van der Waals surface area contributed by atoms with Crippen molar-refractivity contribution in [2.75, 3.05) is 17.2 Å².